The molecule has 0 saturated carbocycles. The summed E-state index contributed by atoms with van der Waals surface area (Å²) in [7, 11) is 1.67. The number of anilines is 2. The van der Waals surface area contributed by atoms with Crippen molar-refractivity contribution < 1.29 is 14.3 Å². The molecule has 0 unspecified atom stereocenters. The molecule has 6 nitrogen and oxygen atoms in total. The number of likely N-dealkylation sites (N-methyl/N-ethyl adjacent to an activating group) is 1. The second-order valence-electron chi connectivity index (χ2n) is 8.02. The number of benzene rings is 2. The van der Waals surface area contributed by atoms with Gasteiger partial charge in [-0.05, 0) is 66.8 Å². The quantitative estimate of drug-likeness (QED) is 0.672. The molecule has 164 valence electrons. The highest BCUT2D eigenvalue weighted by Crippen LogP contribution is 2.27. The summed E-state index contributed by atoms with van der Waals surface area (Å²) in [5.74, 6) is 0.0809. The maximum Gasteiger partial charge on any atom is 0.243 e. The van der Waals surface area contributed by atoms with E-state index in [0.29, 0.717) is 5.75 Å². The average molecular weight is 440 g/mol. The summed E-state index contributed by atoms with van der Waals surface area (Å²) in [5.41, 5.74) is 4.69. The van der Waals surface area contributed by atoms with Crippen LogP contribution in [-0.2, 0) is 27.2 Å². The van der Waals surface area contributed by atoms with Crippen LogP contribution < -0.4 is 10.2 Å². The normalized spacial score (nSPS) is 15.5. The molecule has 7 heteroatoms. The molecule has 4 rings (SSSR count). The van der Waals surface area contributed by atoms with Crippen molar-refractivity contribution in [2.24, 2.45) is 0 Å². The van der Waals surface area contributed by atoms with Gasteiger partial charge in [0.05, 0.1) is 25.5 Å². The number of nitrogens with zero attached hydrogens (tertiary/aromatic N) is 2. The fourth-order valence-electron chi connectivity index (χ4n) is 3.97. The maximum atomic E-state index is 12.5. The number of nitrogens with one attached hydrogen (secondary N) is 1. The number of hydrogen-bond acceptors (Lipinski definition) is 5. The highest BCUT2D eigenvalue weighted by molar-refractivity contribution is 8.00. The molecule has 2 aliphatic rings. The molecule has 1 N–H and O–H groups in total. The number of carbonyl (C=O) groups is 2. The number of fused-ring (bicyclic) bond motifs is 1. The van der Waals surface area contributed by atoms with E-state index < -0.39 is 0 Å². The van der Waals surface area contributed by atoms with Gasteiger partial charge in [-0.2, -0.15) is 0 Å². The maximum absolute atomic E-state index is 12.5. The SMILES string of the molecule is CN(CC(=O)Nc1ccc(N2CCOCC2)cc1)C(=O)CSc1ccc2c(c1)CCC2. The summed E-state index contributed by atoms with van der Waals surface area (Å²) in [6.45, 7) is 3.27. The van der Waals surface area contributed by atoms with E-state index in [2.05, 4.69) is 28.4 Å². The lowest BCUT2D eigenvalue weighted by atomic mass is 10.1. The van der Waals surface area contributed by atoms with E-state index >= 15 is 0 Å². The number of hydrogen-bond donors (Lipinski definition) is 1. The molecule has 1 aliphatic carbocycles. The second-order valence-corrected chi connectivity index (χ2v) is 9.07. The Labute approximate surface area is 187 Å². The Balaban J connectivity index is 1.22. The molecule has 2 amide bonds. The summed E-state index contributed by atoms with van der Waals surface area (Å²) in [6.07, 6.45) is 3.51. The number of carbonyl (C=O) groups excluding carboxylic acids is 2. The highest BCUT2D eigenvalue weighted by atomic mass is 32.2. The third-order valence-corrected chi connectivity index (χ3v) is 6.74. The van der Waals surface area contributed by atoms with Gasteiger partial charge in [-0.3, -0.25) is 9.59 Å². The Bertz CT molecular complexity index is 926. The molecule has 1 heterocycles. The third-order valence-electron chi connectivity index (χ3n) is 5.77. The first-order valence-electron chi connectivity index (χ1n) is 10.8. The molecule has 0 bridgehead atoms. The van der Waals surface area contributed by atoms with Gasteiger partial charge in [-0.1, -0.05) is 6.07 Å². The van der Waals surface area contributed by atoms with Crippen LogP contribution in [0, 0.1) is 0 Å². The lowest BCUT2D eigenvalue weighted by Gasteiger charge is -2.28. The van der Waals surface area contributed by atoms with E-state index in [9.17, 15) is 9.59 Å². The molecule has 1 fully saturated rings. The van der Waals surface area contributed by atoms with Crippen molar-refractivity contribution >= 4 is 35.0 Å². The van der Waals surface area contributed by atoms with Crippen molar-refractivity contribution in [2.75, 3.05) is 55.9 Å². The van der Waals surface area contributed by atoms with Gasteiger partial charge in [0.2, 0.25) is 11.8 Å². The Morgan fingerprint density at radius 3 is 2.58 bits per heavy atom. The lowest BCUT2D eigenvalue weighted by Crippen LogP contribution is -2.36. The zero-order valence-electron chi connectivity index (χ0n) is 17.9. The molecule has 0 spiro atoms. The van der Waals surface area contributed by atoms with E-state index in [1.54, 1.807) is 7.05 Å². The summed E-state index contributed by atoms with van der Waals surface area (Å²) in [6, 6.07) is 14.3. The van der Waals surface area contributed by atoms with Crippen molar-refractivity contribution in [1.82, 2.24) is 4.90 Å². The fourth-order valence-corrected chi connectivity index (χ4v) is 4.87. The van der Waals surface area contributed by atoms with Crippen LogP contribution in [0.2, 0.25) is 0 Å². The van der Waals surface area contributed by atoms with Gasteiger partial charge < -0.3 is 19.9 Å². The van der Waals surface area contributed by atoms with Crippen LogP contribution in [0.3, 0.4) is 0 Å². The summed E-state index contributed by atoms with van der Waals surface area (Å²) >= 11 is 1.53. The predicted molar refractivity (Wildman–Crippen MR) is 125 cm³/mol. The van der Waals surface area contributed by atoms with Crippen LogP contribution in [0.4, 0.5) is 11.4 Å². The Kier molecular flexibility index (Phi) is 7.14. The minimum atomic E-state index is -0.197. The highest BCUT2D eigenvalue weighted by Gasteiger charge is 2.16. The number of ether oxygens (including phenoxy) is 1. The number of morpholine rings is 1. The number of rotatable bonds is 7. The second kappa shape index (κ2) is 10.2. The average Bonchev–Trinajstić information content (AvgIpc) is 3.26. The zero-order chi connectivity index (χ0) is 21.6. The third kappa shape index (κ3) is 5.80. The van der Waals surface area contributed by atoms with Crippen molar-refractivity contribution in [3.05, 3.63) is 53.6 Å². The van der Waals surface area contributed by atoms with Crippen molar-refractivity contribution in [1.29, 1.82) is 0 Å². The van der Waals surface area contributed by atoms with Crippen LogP contribution in [0.5, 0.6) is 0 Å². The number of thioether (sulfide) groups is 1. The van der Waals surface area contributed by atoms with Crippen LogP contribution in [0.15, 0.2) is 47.4 Å². The number of aryl methyl sites for hydroxylation is 2. The molecule has 1 aliphatic heterocycles. The molecule has 0 radical (unpaired) electrons. The molecule has 31 heavy (non-hydrogen) atoms. The predicted octanol–water partition coefficient (Wildman–Crippen LogP) is 3.20. The van der Waals surface area contributed by atoms with Crippen LogP contribution in [-0.4, -0.2) is 62.4 Å². The van der Waals surface area contributed by atoms with Crippen LogP contribution in [0.25, 0.3) is 0 Å². The first kappa shape index (κ1) is 21.7. The largest absolute Gasteiger partial charge is 0.378 e. The van der Waals surface area contributed by atoms with E-state index in [4.69, 9.17) is 4.74 Å². The van der Waals surface area contributed by atoms with E-state index in [1.165, 1.54) is 34.2 Å². The minimum Gasteiger partial charge on any atom is -0.378 e. The molecular formula is C24H29N3O3S. The monoisotopic (exact) mass is 439 g/mol. The Morgan fingerprint density at radius 2 is 1.81 bits per heavy atom. The fraction of sp³-hybridized carbons (Fsp3) is 0.417. The molecule has 0 atom stereocenters. The lowest BCUT2D eigenvalue weighted by molar-refractivity contribution is -0.131. The molecule has 2 aromatic carbocycles. The van der Waals surface area contributed by atoms with Gasteiger partial charge in [0.1, 0.15) is 0 Å². The number of amides is 2. The zero-order valence-corrected chi connectivity index (χ0v) is 18.7. The standard InChI is InChI=1S/C24H29N3O3S/c1-26(24(29)17-31-22-10-5-18-3-2-4-19(18)15-22)16-23(28)25-20-6-8-21(9-7-20)27-11-13-30-14-12-27/h5-10,15H,2-4,11-14,16-17H2,1H3,(H,25,28). The van der Waals surface area contributed by atoms with Gasteiger partial charge in [0.15, 0.2) is 0 Å². The summed E-state index contributed by atoms with van der Waals surface area (Å²) < 4.78 is 5.38. The van der Waals surface area contributed by atoms with Crippen molar-refractivity contribution in [2.45, 2.75) is 24.2 Å². The molecule has 1 saturated heterocycles. The molecular weight excluding hydrogens is 410 g/mol. The van der Waals surface area contributed by atoms with Gasteiger partial charge in [0, 0.05) is 36.4 Å². The first-order valence-corrected chi connectivity index (χ1v) is 11.8. The molecule has 2 aromatic rings. The summed E-state index contributed by atoms with van der Waals surface area (Å²) in [4.78, 5) is 29.7. The summed E-state index contributed by atoms with van der Waals surface area (Å²) in [5, 5.41) is 2.88. The van der Waals surface area contributed by atoms with E-state index in [0.717, 1.165) is 55.4 Å². The van der Waals surface area contributed by atoms with E-state index in [-0.39, 0.29) is 18.4 Å². The Morgan fingerprint density at radius 1 is 1.06 bits per heavy atom. The topological polar surface area (TPSA) is 61.9 Å². The van der Waals surface area contributed by atoms with Crippen LogP contribution >= 0.6 is 11.8 Å². The van der Waals surface area contributed by atoms with Crippen molar-refractivity contribution in [3.63, 3.8) is 0 Å². The van der Waals surface area contributed by atoms with E-state index in [1.807, 2.05) is 24.3 Å². The molecule has 0 aromatic heterocycles. The van der Waals surface area contributed by atoms with Gasteiger partial charge in [0.25, 0.3) is 0 Å². The Hall–Kier alpha value is -2.51. The van der Waals surface area contributed by atoms with Crippen molar-refractivity contribution in [3.8, 4) is 0 Å². The minimum absolute atomic E-state index is 0.0365. The first-order chi connectivity index (χ1) is 15.1. The van der Waals surface area contributed by atoms with Crippen LogP contribution in [0.1, 0.15) is 17.5 Å². The van der Waals surface area contributed by atoms with Gasteiger partial charge >= 0.3 is 0 Å². The smallest absolute Gasteiger partial charge is 0.243 e. The van der Waals surface area contributed by atoms with Gasteiger partial charge in [-0.25, -0.2) is 0 Å². The van der Waals surface area contributed by atoms with Gasteiger partial charge in [-0.15, -0.1) is 11.8 Å².